The summed E-state index contributed by atoms with van der Waals surface area (Å²) in [5.74, 6) is 0.945. The molecule has 1 saturated heterocycles. The molecule has 0 amide bonds. The Kier molecular flexibility index (Phi) is 11.8. The van der Waals surface area contributed by atoms with Crippen LogP contribution in [0.5, 0.6) is 0 Å². The molecule has 164 valence electrons. The van der Waals surface area contributed by atoms with Crippen molar-refractivity contribution in [1.29, 1.82) is 0 Å². The number of aliphatic imine (C=N–C) groups is 1. The van der Waals surface area contributed by atoms with Crippen LogP contribution in [-0.2, 0) is 14.2 Å². The largest absolute Gasteiger partial charge is 0.382 e. The van der Waals surface area contributed by atoms with Crippen molar-refractivity contribution >= 4 is 5.96 Å². The standard InChI is InChI=1S/C21H42N4O3/c1-3-22-20(23-11-7-8-14-27-18-17-26-2)24-19-21(9-5-4-6-10-21)25-12-15-28-16-13-25/h3-19H2,1-2H3,(H2,22,23,24). The van der Waals surface area contributed by atoms with Crippen LogP contribution < -0.4 is 10.6 Å². The van der Waals surface area contributed by atoms with Crippen LogP contribution in [0.1, 0.15) is 51.9 Å². The van der Waals surface area contributed by atoms with Gasteiger partial charge >= 0.3 is 0 Å². The van der Waals surface area contributed by atoms with Gasteiger partial charge in [-0.1, -0.05) is 19.3 Å². The van der Waals surface area contributed by atoms with Gasteiger partial charge in [0.25, 0.3) is 0 Å². The molecule has 2 rings (SSSR count). The summed E-state index contributed by atoms with van der Waals surface area (Å²) in [6.45, 7) is 10.7. The zero-order valence-electron chi connectivity index (χ0n) is 18.1. The van der Waals surface area contributed by atoms with E-state index in [1.807, 2.05) is 0 Å². The number of morpholine rings is 1. The molecule has 2 fully saturated rings. The molecule has 0 aromatic rings. The van der Waals surface area contributed by atoms with Gasteiger partial charge in [-0.25, -0.2) is 0 Å². The van der Waals surface area contributed by atoms with E-state index in [1.165, 1.54) is 32.1 Å². The molecule has 0 aromatic heterocycles. The van der Waals surface area contributed by atoms with E-state index in [2.05, 4.69) is 22.5 Å². The first-order valence-electron chi connectivity index (χ1n) is 11.2. The number of nitrogens with zero attached hydrogens (tertiary/aromatic N) is 2. The molecule has 0 atom stereocenters. The summed E-state index contributed by atoms with van der Waals surface area (Å²) < 4.78 is 16.1. The van der Waals surface area contributed by atoms with Gasteiger partial charge in [0.15, 0.2) is 5.96 Å². The minimum absolute atomic E-state index is 0.222. The van der Waals surface area contributed by atoms with Crippen LogP contribution in [0.2, 0.25) is 0 Å². The average molecular weight is 399 g/mol. The molecule has 1 heterocycles. The van der Waals surface area contributed by atoms with Crippen LogP contribution in [0.3, 0.4) is 0 Å². The number of hydrogen-bond acceptors (Lipinski definition) is 5. The summed E-state index contributed by atoms with van der Waals surface area (Å²) in [5.41, 5.74) is 0.222. The van der Waals surface area contributed by atoms with Crippen molar-refractivity contribution in [2.24, 2.45) is 4.99 Å². The number of ether oxygens (including phenoxy) is 3. The Morgan fingerprint density at radius 1 is 1.04 bits per heavy atom. The van der Waals surface area contributed by atoms with Gasteiger partial charge in [-0.3, -0.25) is 9.89 Å². The predicted molar refractivity (Wildman–Crippen MR) is 114 cm³/mol. The first-order chi connectivity index (χ1) is 13.8. The highest BCUT2D eigenvalue weighted by Crippen LogP contribution is 2.34. The lowest BCUT2D eigenvalue weighted by molar-refractivity contribution is -0.0333. The normalized spacial score (nSPS) is 20.9. The fourth-order valence-corrected chi connectivity index (χ4v) is 4.17. The van der Waals surface area contributed by atoms with E-state index in [0.29, 0.717) is 13.2 Å². The molecule has 1 saturated carbocycles. The van der Waals surface area contributed by atoms with Crippen LogP contribution >= 0.6 is 0 Å². The van der Waals surface area contributed by atoms with E-state index in [1.54, 1.807) is 7.11 Å². The third-order valence-electron chi connectivity index (χ3n) is 5.78. The highest BCUT2D eigenvalue weighted by Gasteiger charge is 2.38. The second-order valence-corrected chi connectivity index (χ2v) is 7.82. The highest BCUT2D eigenvalue weighted by molar-refractivity contribution is 5.79. The van der Waals surface area contributed by atoms with Gasteiger partial charge in [0.2, 0.25) is 0 Å². The number of methoxy groups -OCH3 is 1. The average Bonchev–Trinajstić information content (AvgIpc) is 2.75. The van der Waals surface area contributed by atoms with Crippen LogP contribution in [0.15, 0.2) is 4.99 Å². The smallest absolute Gasteiger partial charge is 0.191 e. The molecule has 0 aromatic carbocycles. The van der Waals surface area contributed by atoms with Crippen molar-refractivity contribution in [3.8, 4) is 0 Å². The molecule has 1 aliphatic heterocycles. The minimum Gasteiger partial charge on any atom is -0.382 e. The molecule has 2 aliphatic rings. The first-order valence-corrected chi connectivity index (χ1v) is 11.2. The van der Waals surface area contributed by atoms with Crippen LogP contribution in [0, 0.1) is 0 Å². The number of nitrogens with one attached hydrogen (secondary N) is 2. The Bertz CT molecular complexity index is 422. The van der Waals surface area contributed by atoms with Crippen molar-refractivity contribution in [3.05, 3.63) is 0 Å². The van der Waals surface area contributed by atoms with Crippen molar-refractivity contribution in [3.63, 3.8) is 0 Å². The molecule has 2 N–H and O–H groups in total. The van der Waals surface area contributed by atoms with Crippen LogP contribution in [0.25, 0.3) is 0 Å². The lowest BCUT2D eigenvalue weighted by Gasteiger charge is -2.47. The molecule has 28 heavy (non-hydrogen) atoms. The number of guanidine groups is 1. The summed E-state index contributed by atoms with van der Waals surface area (Å²) in [6.07, 6.45) is 8.64. The van der Waals surface area contributed by atoms with Crippen molar-refractivity contribution in [2.45, 2.75) is 57.4 Å². The maximum atomic E-state index is 5.59. The van der Waals surface area contributed by atoms with E-state index in [4.69, 9.17) is 19.2 Å². The fraction of sp³-hybridized carbons (Fsp3) is 0.952. The molecule has 0 radical (unpaired) electrons. The second kappa shape index (κ2) is 14.1. The monoisotopic (exact) mass is 398 g/mol. The molecule has 7 nitrogen and oxygen atoms in total. The molecular formula is C21H42N4O3. The number of hydrogen-bond donors (Lipinski definition) is 2. The summed E-state index contributed by atoms with van der Waals surface area (Å²) >= 11 is 0. The van der Waals surface area contributed by atoms with Gasteiger partial charge in [0.05, 0.1) is 33.0 Å². The topological polar surface area (TPSA) is 67.4 Å². The van der Waals surface area contributed by atoms with Crippen molar-refractivity contribution < 1.29 is 14.2 Å². The van der Waals surface area contributed by atoms with Crippen molar-refractivity contribution in [1.82, 2.24) is 15.5 Å². The highest BCUT2D eigenvalue weighted by atomic mass is 16.5. The van der Waals surface area contributed by atoms with Gasteiger partial charge in [0, 0.05) is 45.4 Å². The summed E-state index contributed by atoms with van der Waals surface area (Å²) in [7, 11) is 1.70. The van der Waals surface area contributed by atoms with E-state index in [-0.39, 0.29) is 5.54 Å². The van der Waals surface area contributed by atoms with E-state index >= 15 is 0 Å². The van der Waals surface area contributed by atoms with Gasteiger partial charge in [0.1, 0.15) is 0 Å². The molecule has 0 spiro atoms. The Labute approximate surface area is 171 Å². The Hall–Kier alpha value is -0.890. The van der Waals surface area contributed by atoms with Gasteiger partial charge in [-0.05, 0) is 32.6 Å². The number of rotatable bonds is 12. The van der Waals surface area contributed by atoms with Gasteiger partial charge in [-0.15, -0.1) is 0 Å². The maximum absolute atomic E-state index is 5.59. The fourth-order valence-electron chi connectivity index (χ4n) is 4.17. The lowest BCUT2D eigenvalue weighted by atomic mass is 9.80. The third kappa shape index (κ3) is 8.23. The first kappa shape index (κ1) is 23.4. The Balaban J connectivity index is 1.79. The Morgan fingerprint density at radius 3 is 2.54 bits per heavy atom. The van der Waals surface area contributed by atoms with E-state index < -0.39 is 0 Å². The van der Waals surface area contributed by atoms with E-state index in [9.17, 15) is 0 Å². The zero-order valence-corrected chi connectivity index (χ0v) is 18.1. The van der Waals surface area contributed by atoms with E-state index in [0.717, 1.165) is 71.3 Å². The maximum Gasteiger partial charge on any atom is 0.191 e. The van der Waals surface area contributed by atoms with Crippen LogP contribution in [-0.4, -0.2) is 89.3 Å². The zero-order chi connectivity index (χ0) is 19.9. The number of unbranched alkanes of at least 4 members (excludes halogenated alkanes) is 1. The Morgan fingerprint density at radius 2 is 1.82 bits per heavy atom. The molecule has 1 aliphatic carbocycles. The van der Waals surface area contributed by atoms with Crippen LogP contribution in [0.4, 0.5) is 0 Å². The van der Waals surface area contributed by atoms with Gasteiger partial charge < -0.3 is 24.8 Å². The summed E-state index contributed by atoms with van der Waals surface area (Å²) in [6, 6.07) is 0. The minimum atomic E-state index is 0.222. The van der Waals surface area contributed by atoms with Crippen molar-refractivity contribution in [2.75, 3.05) is 72.9 Å². The molecule has 0 unspecified atom stereocenters. The molecular weight excluding hydrogens is 356 g/mol. The molecule has 7 heteroatoms. The van der Waals surface area contributed by atoms with Gasteiger partial charge in [-0.2, -0.15) is 0 Å². The quantitative estimate of drug-likeness (QED) is 0.298. The SMILES string of the molecule is CCNC(=NCC1(N2CCOCC2)CCCCC1)NCCCCOCCOC. The third-order valence-corrected chi connectivity index (χ3v) is 5.78. The predicted octanol–water partition coefficient (Wildman–Crippen LogP) is 2.02. The second-order valence-electron chi connectivity index (χ2n) is 7.82. The lowest BCUT2D eigenvalue weighted by Crippen LogP contribution is -2.56. The summed E-state index contributed by atoms with van der Waals surface area (Å²) in [4.78, 5) is 7.66. The molecule has 0 bridgehead atoms. The summed E-state index contributed by atoms with van der Waals surface area (Å²) in [5, 5.41) is 6.91.